The third kappa shape index (κ3) is 9.05. The molecule has 208 valence electrons. The number of para-hydroxylation sites is 1. The lowest BCUT2D eigenvalue weighted by molar-refractivity contribution is -0.141. The van der Waals surface area contributed by atoms with Gasteiger partial charge < -0.3 is 20.3 Å². The smallest absolute Gasteiger partial charge is 0.408 e. The van der Waals surface area contributed by atoms with Gasteiger partial charge in [0.1, 0.15) is 17.7 Å². The Morgan fingerprint density at radius 3 is 2.26 bits per heavy atom. The Morgan fingerprint density at radius 1 is 1.05 bits per heavy atom. The van der Waals surface area contributed by atoms with Crippen molar-refractivity contribution in [3.05, 3.63) is 64.2 Å². The van der Waals surface area contributed by atoms with E-state index in [-0.39, 0.29) is 17.7 Å². The van der Waals surface area contributed by atoms with Crippen LogP contribution in [0.4, 0.5) is 10.5 Å². The number of hydrogen-bond donors (Lipinski definition) is 2. The van der Waals surface area contributed by atoms with Crippen LogP contribution >= 0.6 is 11.6 Å². The van der Waals surface area contributed by atoms with Gasteiger partial charge in [-0.25, -0.2) is 4.79 Å². The molecule has 38 heavy (non-hydrogen) atoms. The Labute approximate surface area is 232 Å². The Hall–Kier alpha value is -3.06. The summed E-state index contributed by atoms with van der Waals surface area (Å²) in [4.78, 5) is 42.3. The molecule has 3 amide bonds. The Bertz CT molecular complexity index is 1110. The first kappa shape index (κ1) is 31.2. The van der Waals surface area contributed by atoms with E-state index < -0.39 is 23.8 Å². The summed E-state index contributed by atoms with van der Waals surface area (Å²) in [7, 11) is 0. The summed E-state index contributed by atoms with van der Waals surface area (Å²) in [5, 5.41) is 6.14. The molecule has 0 aliphatic heterocycles. The van der Waals surface area contributed by atoms with Gasteiger partial charge in [-0.2, -0.15) is 0 Å². The summed E-state index contributed by atoms with van der Waals surface area (Å²) >= 11 is 6.41. The number of nitrogens with zero attached hydrogens (tertiary/aromatic N) is 1. The molecule has 7 nitrogen and oxygen atoms in total. The average molecular weight is 544 g/mol. The molecule has 2 aromatic carbocycles. The van der Waals surface area contributed by atoms with Crippen LogP contribution in [0.1, 0.15) is 77.1 Å². The number of carbonyl (C=O) groups excluding carboxylic acids is 3. The maximum atomic E-state index is 14.1. The van der Waals surface area contributed by atoms with Crippen molar-refractivity contribution in [3.8, 4) is 0 Å². The zero-order chi connectivity index (χ0) is 28.6. The number of rotatable bonds is 10. The van der Waals surface area contributed by atoms with Gasteiger partial charge in [0.05, 0.1) is 10.7 Å². The van der Waals surface area contributed by atoms with E-state index in [0.29, 0.717) is 35.7 Å². The third-order valence-corrected chi connectivity index (χ3v) is 6.15. The van der Waals surface area contributed by atoms with Crippen LogP contribution in [-0.4, -0.2) is 41.0 Å². The molecule has 2 aromatic rings. The van der Waals surface area contributed by atoms with Crippen molar-refractivity contribution >= 4 is 35.2 Å². The third-order valence-electron chi connectivity index (χ3n) is 5.83. The van der Waals surface area contributed by atoms with Crippen molar-refractivity contribution in [1.29, 1.82) is 0 Å². The van der Waals surface area contributed by atoms with Crippen LogP contribution in [0.5, 0.6) is 0 Å². The molecule has 0 aromatic heterocycles. The summed E-state index contributed by atoms with van der Waals surface area (Å²) in [5.74, 6) is -0.613. The second kappa shape index (κ2) is 13.7. The lowest BCUT2D eigenvalue weighted by Crippen LogP contribution is -2.53. The Morgan fingerprint density at radius 2 is 1.71 bits per heavy atom. The van der Waals surface area contributed by atoms with Crippen molar-refractivity contribution in [2.45, 2.75) is 85.9 Å². The van der Waals surface area contributed by atoms with E-state index in [4.69, 9.17) is 16.3 Å². The first-order valence-corrected chi connectivity index (χ1v) is 13.5. The summed E-state index contributed by atoms with van der Waals surface area (Å²) in [5.41, 5.74) is 2.24. The predicted molar refractivity (Wildman–Crippen MR) is 153 cm³/mol. The van der Waals surface area contributed by atoms with E-state index >= 15 is 0 Å². The zero-order valence-corrected chi connectivity index (χ0v) is 24.6. The van der Waals surface area contributed by atoms with Gasteiger partial charge in [0.25, 0.3) is 5.91 Å². The van der Waals surface area contributed by atoms with Crippen molar-refractivity contribution in [3.63, 3.8) is 0 Å². The van der Waals surface area contributed by atoms with Crippen molar-refractivity contribution in [2.24, 2.45) is 5.92 Å². The van der Waals surface area contributed by atoms with E-state index in [2.05, 4.69) is 10.6 Å². The number of aryl methyl sites for hydroxylation is 2. The largest absolute Gasteiger partial charge is 0.444 e. The number of halogens is 1. The van der Waals surface area contributed by atoms with E-state index in [9.17, 15) is 14.4 Å². The molecule has 2 unspecified atom stereocenters. The quantitative estimate of drug-likeness (QED) is 0.344. The van der Waals surface area contributed by atoms with Crippen LogP contribution in [-0.2, 0) is 14.3 Å². The van der Waals surface area contributed by atoms with Gasteiger partial charge in [-0.3, -0.25) is 9.59 Å². The number of amides is 3. The van der Waals surface area contributed by atoms with E-state index in [1.165, 1.54) is 0 Å². The minimum absolute atomic E-state index is 0.111. The maximum absolute atomic E-state index is 14.1. The summed E-state index contributed by atoms with van der Waals surface area (Å²) in [6.07, 6.45) is 0.341. The number of nitrogens with one attached hydrogen (secondary N) is 2. The number of anilines is 1. The highest BCUT2D eigenvalue weighted by atomic mass is 35.5. The number of hydrogen-bond acceptors (Lipinski definition) is 4. The molecule has 0 aliphatic carbocycles. The first-order chi connectivity index (χ1) is 17.7. The maximum Gasteiger partial charge on any atom is 0.408 e. The van der Waals surface area contributed by atoms with Crippen LogP contribution < -0.4 is 10.6 Å². The van der Waals surface area contributed by atoms with Gasteiger partial charge in [-0.15, -0.1) is 0 Å². The molecule has 0 spiro atoms. The molecule has 0 fully saturated rings. The fourth-order valence-corrected chi connectivity index (χ4v) is 4.51. The van der Waals surface area contributed by atoms with Crippen molar-refractivity contribution in [1.82, 2.24) is 10.2 Å². The second-order valence-corrected chi connectivity index (χ2v) is 11.5. The van der Waals surface area contributed by atoms with Crippen LogP contribution in [0.25, 0.3) is 0 Å². The fraction of sp³-hybridized carbons (Fsp3) is 0.500. The minimum Gasteiger partial charge on any atom is -0.444 e. The minimum atomic E-state index is -0.937. The number of ether oxygens (including phenoxy) is 1. The van der Waals surface area contributed by atoms with Gasteiger partial charge in [0, 0.05) is 6.54 Å². The van der Waals surface area contributed by atoms with Crippen LogP contribution in [0.2, 0.25) is 5.02 Å². The normalized spacial score (nSPS) is 13.0. The lowest BCUT2D eigenvalue weighted by Gasteiger charge is -2.35. The highest BCUT2D eigenvalue weighted by Crippen LogP contribution is 2.30. The highest BCUT2D eigenvalue weighted by molar-refractivity contribution is 6.34. The van der Waals surface area contributed by atoms with Crippen LogP contribution in [0.15, 0.2) is 42.5 Å². The Balaban J connectivity index is 2.54. The van der Waals surface area contributed by atoms with E-state index in [1.54, 1.807) is 31.7 Å². The van der Waals surface area contributed by atoms with Crippen molar-refractivity contribution in [2.75, 3.05) is 11.9 Å². The first-order valence-electron chi connectivity index (χ1n) is 13.2. The lowest BCUT2D eigenvalue weighted by atomic mass is 9.98. The highest BCUT2D eigenvalue weighted by Gasteiger charge is 2.36. The molecule has 2 N–H and O–H groups in total. The van der Waals surface area contributed by atoms with E-state index in [1.807, 2.05) is 71.0 Å². The van der Waals surface area contributed by atoms with Crippen molar-refractivity contribution < 1.29 is 19.1 Å². The molecule has 0 radical (unpaired) electrons. The zero-order valence-electron chi connectivity index (χ0n) is 23.9. The SMILES string of the molecule is CCCN(C(=O)C(CC(C)C)NC(=O)OC(C)(C)C)C(C(=O)Nc1c(C)cccc1Cl)c1cccc(C)c1. The molecule has 0 bridgehead atoms. The van der Waals surface area contributed by atoms with Crippen LogP contribution in [0, 0.1) is 19.8 Å². The number of benzene rings is 2. The summed E-state index contributed by atoms with van der Waals surface area (Å²) < 4.78 is 5.44. The molecule has 8 heteroatoms. The van der Waals surface area contributed by atoms with E-state index in [0.717, 1.165) is 11.1 Å². The molecule has 0 heterocycles. The summed E-state index contributed by atoms with van der Waals surface area (Å²) in [6.45, 7) is 15.3. The monoisotopic (exact) mass is 543 g/mol. The summed E-state index contributed by atoms with van der Waals surface area (Å²) in [6, 6.07) is 11.1. The van der Waals surface area contributed by atoms with Crippen LogP contribution in [0.3, 0.4) is 0 Å². The number of carbonyl (C=O) groups is 3. The topological polar surface area (TPSA) is 87.7 Å². The second-order valence-electron chi connectivity index (χ2n) is 11.1. The molecular formula is C30H42ClN3O4. The number of alkyl carbamates (subject to hydrolysis) is 1. The molecule has 0 saturated heterocycles. The van der Waals surface area contributed by atoms with Gasteiger partial charge in [0.15, 0.2) is 0 Å². The van der Waals surface area contributed by atoms with Gasteiger partial charge in [0.2, 0.25) is 5.91 Å². The molecular weight excluding hydrogens is 502 g/mol. The fourth-order valence-electron chi connectivity index (χ4n) is 4.25. The Kier molecular flexibility index (Phi) is 11.2. The van der Waals surface area contributed by atoms with Gasteiger partial charge >= 0.3 is 6.09 Å². The predicted octanol–water partition coefficient (Wildman–Crippen LogP) is 6.81. The van der Waals surface area contributed by atoms with Gasteiger partial charge in [-0.1, -0.05) is 74.3 Å². The molecule has 2 rings (SSSR count). The molecule has 2 atom stereocenters. The molecule has 0 aliphatic rings. The van der Waals surface area contributed by atoms with Gasteiger partial charge in [-0.05, 0) is 70.6 Å². The average Bonchev–Trinajstić information content (AvgIpc) is 2.79. The molecule has 0 saturated carbocycles. The standard InChI is InChI=1S/C30H42ClN3O4/c1-9-16-34(28(36)24(17-19(2)3)32-29(37)38-30(6,7)8)26(22-14-10-12-20(4)18-22)27(35)33-25-21(5)13-11-15-23(25)31/h10-15,18-19,24,26H,9,16-17H2,1-8H3,(H,32,37)(H,33,35).